The van der Waals surface area contributed by atoms with Crippen LogP contribution < -0.4 is 11.1 Å². The van der Waals surface area contributed by atoms with Crippen molar-refractivity contribution in [1.82, 2.24) is 4.90 Å². The summed E-state index contributed by atoms with van der Waals surface area (Å²) in [6.07, 6.45) is 5.38. The van der Waals surface area contributed by atoms with Crippen LogP contribution in [0.25, 0.3) is 0 Å². The van der Waals surface area contributed by atoms with Gasteiger partial charge in [0.25, 0.3) is 0 Å². The highest BCUT2D eigenvalue weighted by molar-refractivity contribution is 5.64. The number of nitrogens with one attached hydrogen (secondary N) is 1. The van der Waals surface area contributed by atoms with E-state index in [2.05, 4.69) is 60.7 Å². The molecule has 0 aromatic heterocycles. The molecule has 100 valence electrons. The Labute approximate surface area is 114 Å². The van der Waals surface area contributed by atoms with Crippen molar-refractivity contribution in [1.29, 1.82) is 0 Å². The summed E-state index contributed by atoms with van der Waals surface area (Å²) in [4.78, 5) is 2.21. The Balaban J connectivity index is 1.88. The van der Waals surface area contributed by atoms with Gasteiger partial charge in [0, 0.05) is 23.8 Å². The topological polar surface area (TPSA) is 41.3 Å². The summed E-state index contributed by atoms with van der Waals surface area (Å²) in [5, 5.41) is 3.64. The Morgan fingerprint density at radius 1 is 1.26 bits per heavy atom. The number of para-hydroxylation sites is 1. The van der Waals surface area contributed by atoms with Gasteiger partial charge in [0.2, 0.25) is 0 Å². The molecule has 1 aromatic rings. The molecule has 0 amide bonds. The average Bonchev–Trinajstić information content (AvgIpc) is 2.75. The maximum Gasteiger partial charge on any atom is 0.0583 e. The van der Waals surface area contributed by atoms with Gasteiger partial charge in [0.05, 0.1) is 6.04 Å². The van der Waals surface area contributed by atoms with Gasteiger partial charge in [-0.1, -0.05) is 24.3 Å². The molecule has 2 atom stereocenters. The zero-order valence-electron chi connectivity index (χ0n) is 11.6. The number of fused-ring (bicyclic) bond motifs is 3. The second-order valence-corrected chi connectivity index (χ2v) is 5.67. The van der Waals surface area contributed by atoms with E-state index in [1.54, 1.807) is 0 Å². The standard InChI is InChI=1S/C16H21N3/c1-19(2)8-7-11-9-12(17)10-14-13-5-3-4-6-15(13)18-16(11)14/h3-6,9-10,14,16,18H,7-8,17H2,1-2H3. The maximum atomic E-state index is 6.09. The molecule has 1 aliphatic carbocycles. The molecule has 1 heterocycles. The Hall–Kier alpha value is -1.74. The third-order valence-corrected chi connectivity index (χ3v) is 3.96. The molecule has 1 aromatic carbocycles. The highest BCUT2D eigenvalue weighted by Crippen LogP contribution is 2.42. The highest BCUT2D eigenvalue weighted by atomic mass is 15.1. The molecule has 3 heteroatoms. The van der Waals surface area contributed by atoms with Gasteiger partial charge < -0.3 is 16.0 Å². The normalized spacial score (nSPS) is 24.4. The number of nitrogens with two attached hydrogens (primary N) is 1. The van der Waals surface area contributed by atoms with Gasteiger partial charge in [0.1, 0.15) is 0 Å². The van der Waals surface area contributed by atoms with Crippen LogP contribution in [0.2, 0.25) is 0 Å². The molecule has 0 saturated heterocycles. The number of hydrogen-bond donors (Lipinski definition) is 2. The Morgan fingerprint density at radius 3 is 2.84 bits per heavy atom. The van der Waals surface area contributed by atoms with Crippen LogP contribution in [0.15, 0.2) is 47.7 Å². The van der Waals surface area contributed by atoms with Crippen LogP contribution in [0.5, 0.6) is 0 Å². The molecule has 19 heavy (non-hydrogen) atoms. The summed E-state index contributed by atoms with van der Waals surface area (Å²) >= 11 is 0. The second-order valence-electron chi connectivity index (χ2n) is 5.67. The van der Waals surface area contributed by atoms with E-state index in [0.717, 1.165) is 18.7 Å². The minimum atomic E-state index is 0.379. The zero-order valence-corrected chi connectivity index (χ0v) is 11.6. The first-order valence-electron chi connectivity index (χ1n) is 6.83. The van der Waals surface area contributed by atoms with E-state index in [1.807, 2.05) is 0 Å². The quantitative estimate of drug-likeness (QED) is 0.871. The third-order valence-electron chi connectivity index (χ3n) is 3.96. The first-order valence-corrected chi connectivity index (χ1v) is 6.83. The van der Waals surface area contributed by atoms with Gasteiger partial charge >= 0.3 is 0 Å². The number of anilines is 1. The first-order chi connectivity index (χ1) is 9.15. The van der Waals surface area contributed by atoms with Crippen molar-refractivity contribution in [2.45, 2.75) is 18.4 Å². The number of rotatable bonds is 3. The molecule has 0 radical (unpaired) electrons. The predicted octanol–water partition coefficient (Wildman–Crippen LogP) is 2.30. The summed E-state index contributed by atoms with van der Waals surface area (Å²) in [5.41, 5.74) is 11.0. The van der Waals surface area contributed by atoms with E-state index in [9.17, 15) is 0 Å². The fourth-order valence-corrected chi connectivity index (χ4v) is 3.01. The van der Waals surface area contributed by atoms with Gasteiger partial charge in [-0.3, -0.25) is 0 Å². The minimum absolute atomic E-state index is 0.379. The predicted molar refractivity (Wildman–Crippen MR) is 80.1 cm³/mol. The molecule has 0 bridgehead atoms. The lowest BCUT2D eigenvalue weighted by Crippen LogP contribution is -2.28. The number of allylic oxidation sites excluding steroid dienone is 1. The Bertz CT molecular complexity index is 543. The van der Waals surface area contributed by atoms with Crippen molar-refractivity contribution in [2.75, 3.05) is 26.0 Å². The average molecular weight is 255 g/mol. The van der Waals surface area contributed by atoms with Gasteiger partial charge in [0.15, 0.2) is 0 Å². The minimum Gasteiger partial charge on any atom is -0.399 e. The largest absolute Gasteiger partial charge is 0.399 e. The van der Waals surface area contributed by atoms with Crippen LogP contribution >= 0.6 is 0 Å². The van der Waals surface area contributed by atoms with E-state index < -0.39 is 0 Å². The monoisotopic (exact) mass is 255 g/mol. The summed E-state index contributed by atoms with van der Waals surface area (Å²) in [6.45, 7) is 1.06. The molecule has 3 rings (SSSR count). The molecule has 2 aliphatic rings. The fraction of sp³-hybridized carbons (Fsp3) is 0.375. The first kappa shape index (κ1) is 12.3. The molecular weight excluding hydrogens is 234 g/mol. The second kappa shape index (κ2) is 4.74. The molecule has 1 aliphatic heterocycles. The van der Waals surface area contributed by atoms with Crippen molar-refractivity contribution in [3.8, 4) is 0 Å². The van der Waals surface area contributed by atoms with Gasteiger partial charge in [-0.05, 0) is 43.8 Å². The van der Waals surface area contributed by atoms with E-state index in [0.29, 0.717) is 12.0 Å². The highest BCUT2D eigenvalue weighted by Gasteiger charge is 2.34. The lowest BCUT2D eigenvalue weighted by molar-refractivity contribution is 0.408. The molecular formula is C16H21N3. The van der Waals surface area contributed by atoms with Gasteiger partial charge in [-0.25, -0.2) is 0 Å². The van der Waals surface area contributed by atoms with Crippen LogP contribution in [0, 0.1) is 0 Å². The molecule has 0 saturated carbocycles. The summed E-state index contributed by atoms with van der Waals surface area (Å²) in [7, 11) is 4.22. The fourth-order valence-electron chi connectivity index (χ4n) is 3.01. The SMILES string of the molecule is CN(C)CCC1=CC(N)=CC2c3ccccc3NC12. The summed E-state index contributed by atoms with van der Waals surface area (Å²) in [6, 6.07) is 8.92. The lowest BCUT2D eigenvalue weighted by atomic mass is 9.84. The van der Waals surface area contributed by atoms with Crippen LogP contribution in [0.3, 0.4) is 0 Å². The van der Waals surface area contributed by atoms with Gasteiger partial charge in [-0.15, -0.1) is 0 Å². The molecule has 0 fully saturated rings. The Kier molecular flexibility index (Phi) is 3.07. The summed E-state index contributed by atoms with van der Waals surface area (Å²) < 4.78 is 0. The summed E-state index contributed by atoms with van der Waals surface area (Å²) in [5.74, 6) is 0.387. The van der Waals surface area contributed by atoms with E-state index >= 15 is 0 Å². The molecule has 0 spiro atoms. The van der Waals surface area contributed by atoms with E-state index in [1.165, 1.54) is 16.8 Å². The van der Waals surface area contributed by atoms with Crippen LogP contribution in [0.1, 0.15) is 17.9 Å². The van der Waals surface area contributed by atoms with Crippen LogP contribution in [-0.4, -0.2) is 31.6 Å². The smallest absolute Gasteiger partial charge is 0.0583 e. The van der Waals surface area contributed by atoms with Crippen molar-refractivity contribution >= 4 is 5.69 Å². The lowest BCUT2D eigenvalue weighted by Gasteiger charge is -2.26. The molecule has 3 N–H and O–H groups in total. The molecule has 2 unspecified atom stereocenters. The Morgan fingerprint density at radius 2 is 2.05 bits per heavy atom. The molecule has 3 nitrogen and oxygen atoms in total. The van der Waals surface area contributed by atoms with E-state index in [-0.39, 0.29) is 0 Å². The van der Waals surface area contributed by atoms with Gasteiger partial charge in [-0.2, -0.15) is 0 Å². The van der Waals surface area contributed by atoms with Crippen molar-refractivity contribution in [3.05, 3.63) is 53.3 Å². The van der Waals surface area contributed by atoms with Crippen molar-refractivity contribution in [2.24, 2.45) is 5.73 Å². The van der Waals surface area contributed by atoms with Crippen LogP contribution in [-0.2, 0) is 0 Å². The zero-order chi connectivity index (χ0) is 13.4. The maximum absolute atomic E-state index is 6.09. The van der Waals surface area contributed by atoms with Crippen molar-refractivity contribution in [3.63, 3.8) is 0 Å². The van der Waals surface area contributed by atoms with Crippen molar-refractivity contribution < 1.29 is 0 Å². The number of nitrogens with zero attached hydrogens (tertiary/aromatic N) is 1. The number of hydrogen-bond acceptors (Lipinski definition) is 3. The van der Waals surface area contributed by atoms with Crippen LogP contribution in [0.4, 0.5) is 5.69 Å². The third kappa shape index (κ3) is 2.26. The van der Waals surface area contributed by atoms with E-state index in [4.69, 9.17) is 5.73 Å². The number of benzene rings is 1.